The minimum absolute atomic E-state index is 0.119. The third kappa shape index (κ3) is 5.90. The van der Waals surface area contributed by atoms with Gasteiger partial charge in [-0.15, -0.1) is 11.8 Å². The predicted molar refractivity (Wildman–Crippen MR) is 97.1 cm³/mol. The molecule has 7 heteroatoms. The lowest BCUT2D eigenvalue weighted by Crippen LogP contribution is -2.30. The van der Waals surface area contributed by atoms with Crippen LogP contribution in [0.25, 0.3) is 0 Å². The second-order valence-electron chi connectivity index (χ2n) is 5.33. The van der Waals surface area contributed by atoms with Gasteiger partial charge in [0.2, 0.25) is 0 Å². The van der Waals surface area contributed by atoms with Crippen molar-refractivity contribution in [3.05, 3.63) is 59.9 Å². The molecule has 26 heavy (non-hydrogen) atoms. The molecule has 2 aromatic rings. The molecule has 0 aliphatic carbocycles. The van der Waals surface area contributed by atoms with Crippen LogP contribution in [0.2, 0.25) is 0 Å². The van der Waals surface area contributed by atoms with Crippen molar-refractivity contribution < 1.29 is 18.7 Å². The lowest BCUT2D eigenvalue weighted by molar-refractivity contribution is -0.152. The number of esters is 1. The van der Waals surface area contributed by atoms with Gasteiger partial charge in [0, 0.05) is 10.6 Å². The Morgan fingerprint density at radius 2 is 1.92 bits per heavy atom. The molecule has 0 saturated carbocycles. The lowest BCUT2D eigenvalue weighted by Gasteiger charge is -2.14. The highest BCUT2D eigenvalue weighted by Gasteiger charge is 2.18. The average Bonchev–Trinajstić information content (AvgIpc) is 2.63. The van der Waals surface area contributed by atoms with Gasteiger partial charge in [0.1, 0.15) is 11.9 Å². The van der Waals surface area contributed by atoms with E-state index in [-0.39, 0.29) is 12.2 Å². The molecule has 0 bridgehead atoms. The lowest BCUT2D eigenvalue weighted by atomic mass is 10.2. The molecule has 0 spiro atoms. The van der Waals surface area contributed by atoms with E-state index < -0.39 is 18.0 Å². The Bertz CT molecular complexity index is 818. The Balaban J connectivity index is 1.78. The van der Waals surface area contributed by atoms with E-state index in [0.717, 1.165) is 4.90 Å². The topological polar surface area (TPSA) is 79.2 Å². The third-order valence-corrected chi connectivity index (χ3v) is 4.39. The molecule has 2 aromatic carbocycles. The number of amides is 1. The Labute approximate surface area is 155 Å². The summed E-state index contributed by atoms with van der Waals surface area (Å²) in [5.41, 5.74) is 0.699. The van der Waals surface area contributed by atoms with E-state index in [0.29, 0.717) is 17.0 Å². The number of hydrogen-bond donors (Lipinski definition) is 1. The molecule has 0 unspecified atom stereocenters. The predicted octanol–water partition coefficient (Wildman–Crippen LogP) is 3.75. The molecule has 0 aromatic heterocycles. The maximum Gasteiger partial charge on any atom is 0.307 e. The van der Waals surface area contributed by atoms with Crippen LogP contribution in [-0.4, -0.2) is 23.7 Å². The minimum Gasteiger partial charge on any atom is -0.453 e. The summed E-state index contributed by atoms with van der Waals surface area (Å²) in [6, 6.07) is 14.5. The van der Waals surface area contributed by atoms with Crippen molar-refractivity contribution in [3.8, 4) is 6.07 Å². The monoisotopic (exact) mass is 372 g/mol. The zero-order chi connectivity index (χ0) is 18.9. The first kappa shape index (κ1) is 19.5. The SMILES string of the molecule is C[C@@H](OC(=O)CCSc1ccc(F)cc1)C(=O)Nc1ccccc1C#N. The number of benzene rings is 2. The van der Waals surface area contributed by atoms with E-state index in [1.54, 1.807) is 36.4 Å². The van der Waals surface area contributed by atoms with Gasteiger partial charge in [-0.25, -0.2) is 4.39 Å². The number of ether oxygens (including phenoxy) is 1. The summed E-state index contributed by atoms with van der Waals surface area (Å²) in [6.07, 6.45) is -0.862. The number of nitrogens with one attached hydrogen (secondary N) is 1. The van der Waals surface area contributed by atoms with Crippen LogP contribution in [0.5, 0.6) is 0 Å². The van der Waals surface area contributed by atoms with Crippen molar-refractivity contribution in [2.75, 3.05) is 11.1 Å². The quantitative estimate of drug-likeness (QED) is 0.591. The van der Waals surface area contributed by atoms with Gasteiger partial charge in [-0.2, -0.15) is 5.26 Å². The van der Waals surface area contributed by atoms with E-state index in [9.17, 15) is 14.0 Å². The number of para-hydroxylation sites is 1. The third-order valence-electron chi connectivity index (χ3n) is 3.37. The van der Waals surface area contributed by atoms with Gasteiger partial charge in [0.15, 0.2) is 6.10 Å². The van der Waals surface area contributed by atoms with Crippen LogP contribution in [-0.2, 0) is 14.3 Å². The molecule has 134 valence electrons. The van der Waals surface area contributed by atoms with Crippen LogP contribution in [0.15, 0.2) is 53.4 Å². The molecule has 0 heterocycles. The smallest absolute Gasteiger partial charge is 0.307 e. The Hall–Kier alpha value is -2.85. The number of carbonyl (C=O) groups is 2. The van der Waals surface area contributed by atoms with E-state index in [1.165, 1.54) is 30.8 Å². The molecule has 1 N–H and O–H groups in total. The number of nitriles is 1. The highest BCUT2D eigenvalue weighted by molar-refractivity contribution is 7.99. The highest BCUT2D eigenvalue weighted by Crippen LogP contribution is 2.19. The number of anilines is 1. The van der Waals surface area contributed by atoms with Crippen LogP contribution in [0.3, 0.4) is 0 Å². The molecule has 0 aliphatic rings. The zero-order valence-corrected chi connectivity index (χ0v) is 14.9. The standard InChI is InChI=1S/C19H17FN2O3S/c1-13(19(24)22-17-5-3-2-4-14(17)12-21)25-18(23)10-11-26-16-8-6-15(20)7-9-16/h2-9,13H,10-11H2,1H3,(H,22,24)/t13-/m1/s1. The minimum atomic E-state index is -0.981. The maximum atomic E-state index is 12.8. The van der Waals surface area contributed by atoms with Gasteiger partial charge in [-0.3, -0.25) is 9.59 Å². The first-order chi connectivity index (χ1) is 12.5. The molecule has 0 saturated heterocycles. The second-order valence-corrected chi connectivity index (χ2v) is 6.50. The number of thioether (sulfide) groups is 1. The number of halogens is 1. The van der Waals surface area contributed by atoms with E-state index in [4.69, 9.17) is 10.00 Å². The van der Waals surface area contributed by atoms with Gasteiger partial charge >= 0.3 is 5.97 Å². The molecule has 0 radical (unpaired) electrons. The fourth-order valence-electron chi connectivity index (χ4n) is 2.02. The number of hydrogen-bond acceptors (Lipinski definition) is 5. The Morgan fingerprint density at radius 1 is 1.23 bits per heavy atom. The fourth-order valence-corrected chi connectivity index (χ4v) is 2.85. The summed E-state index contributed by atoms with van der Waals surface area (Å²) in [6.45, 7) is 1.47. The van der Waals surface area contributed by atoms with E-state index in [1.807, 2.05) is 6.07 Å². The average molecular weight is 372 g/mol. The van der Waals surface area contributed by atoms with Crippen LogP contribution in [0, 0.1) is 17.1 Å². The normalized spacial score (nSPS) is 11.3. The zero-order valence-electron chi connectivity index (χ0n) is 14.1. The maximum absolute atomic E-state index is 12.8. The summed E-state index contributed by atoms with van der Waals surface area (Å²) >= 11 is 1.40. The summed E-state index contributed by atoms with van der Waals surface area (Å²) < 4.78 is 17.9. The van der Waals surface area contributed by atoms with Crippen LogP contribution >= 0.6 is 11.8 Å². The van der Waals surface area contributed by atoms with Crippen molar-refractivity contribution in [2.24, 2.45) is 0 Å². The van der Waals surface area contributed by atoms with Gasteiger partial charge in [-0.1, -0.05) is 12.1 Å². The largest absolute Gasteiger partial charge is 0.453 e. The van der Waals surface area contributed by atoms with Crippen molar-refractivity contribution in [1.29, 1.82) is 5.26 Å². The van der Waals surface area contributed by atoms with Crippen LogP contribution in [0.4, 0.5) is 10.1 Å². The first-order valence-electron chi connectivity index (χ1n) is 7.87. The van der Waals surface area contributed by atoms with Gasteiger partial charge in [0.05, 0.1) is 17.7 Å². The Morgan fingerprint density at radius 3 is 2.62 bits per heavy atom. The fraction of sp³-hybridized carbons (Fsp3) is 0.211. The molecular formula is C19H17FN2O3S. The van der Waals surface area contributed by atoms with Gasteiger partial charge in [-0.05, 0) is 43.3 Å². The van der Waals surface area contributed by atoms with E-state index in [2.05, 4.69) is 5.32 Å². The van der Waals surface area contributed by atoms with Crippen LogP contribution in [0.1, 0.15) is 18.9 Å². The molecule has 0 aliphatic heterocycles. The van der Waals surface area contributed by atoms with Gasteiger partial charge in [0.25, 0.3) is 5.91 Å². The van der Waals surface area contributed by atoms with Crippen molar-refractivity contribution >= 4 is 29.3 Å². The summed E-state index contributed by atoms with van der Waals surface area (Å²) in [5.74, 6) is -0.870. The molecular weight excluding hydrogens is 355 g/mol. The molecule has 1 atom stereocenters. The summed E-state index contributed by atoms with van der Waals surface area (Å²) in [7, 11) is 0. The molecule has 0 fully saturated rings. The van der Waals surface area contributed by atoms with Gasteiger partial charge < -0.3 is 10.1 Å². The van der Waals surface area contributed by atoms with Crippen molar-refractivity contribution in [3.63, 3.8) is 0 Å². The van der Waals surface area contributed by atoms with Crippen LogP contribution < -0.4 is 5.32 Å². The highest BCUT2D eigenvalue weighted by atomic mass is 32.2. The second kappa shape index (κ2) is 9.59. The summed E-state index contributed by atoms with van der Waals surface area (Å²) in [5, 5.41) is 11.6. The van der Waals surface area contributed by atoms with E-state index >= 15 is 0 Å². The molecule has 1 amide bonds. The first-order valence-corrected chi connectivity index (χ1v) is 8.86. The Kier molecular flexibility index (Phi) is 7.18. The number of nitrogens with zero attached hydrogens (tertiary/aromatic N) is 1. The number of rotatable bonds is 7. The molecule has 5 nitrogen and oxygen atoms in total. The van der Waals surface area contributed by atoms with Crippen molar-refractivity contribution in [2.45, 2.75) is 24.3 Å². The summed E-state index contributed by atoms with van der Waals surface area (Å²) in [4.78, 5) is 24.8. The number of carbonyl (C=O) groups excluding carboxylic acids is 2. The molecule has 2 rings (SSSR count). The van der Waals surface area contributed by atoms with Crippen molar-refractivity contribution in [1.82, 2.24) is 0 Å².